The molecule has 2 nitrogen and oxygen atoms in total. The molecule has 0 aromatic heterocycles. The predicted octanol–water partition coefficient (Wildman–Crippen LogP) is 2.56. The number of hydrogen-bond acceptors (Lipinski definition) is 2. The van der Waals surface area contributed by atoms with E-state index in [2.05, 4.69) is 0 Å². The SMILES string of the molecule is CCC(=O)/C(=C\O)c1ccccc1. The number of benzene rings is 1. The number of carbonyl (C=O) groups is 1. The number of ketones is 1. The van der Waals surface area contributed by atoms with Crippen LogP contribution < -0.4 is 0 Å². The second-order valence-corrected chi connectivity index (χ2v) is 2.69. The van der Waals surface area contributed by atoms with Crippen LogP contribution in [0.4, 0.5) is 0 Å². The summed E-state index contributed by atoms with van der Waals surface area (Å²) in [7, 11) is 0. The number of carbonyl (C=O) groups excluding carboxylic acids is 1. The molecule has 0 saturated heterocycles. The van der Waals surface area contributed by atoms with Crippen LogP contribution in [-0.2, 0) is 4.79 Å². The molecule has 0 spiro atoms. The number of hydrogen-bond donors (Lipinski definition) is 1. The first kappa shape index (κ1) is 9.52. The Hall–Kier alpha value is -1.57. The molecule has 68 valence electrons. The molecule has 0 radical (unpaired) electrons. The van der Waals surface area contributed by atoms with Crippen molar-refractivity contribution < 1.29 is 9.90 Å². The molecule has 0 atom stereocenters. The lowest BCUT2D eigenvalue weighted by atomic mass is 10.0. The van der Waals surface area contributed by atoms with Gasteiger partial charge in [-0.05, 0) is 5.56 Å². The van der Waals surface area contributed by atoms with Crippen LogP contribution >= 0.6 is 0 Å². The molecule has 1 aromatic rings. The standard InChI is InChI=1S/C11H12O2/c1-2-11(13)10(8-12)9-6-4-3-5-7-9/h3-8,12H,2H2,1H3/b10-8-. The van der Waals surface area contributed by atoms with E-state index in [4.69, 9.17) is 5.11 Å². The van der Waals surface area contributed by atoms with E-state index in [1.165, 1.54) is 0 Å². The van der Waals surface area contributed by atoms with Gasteiger partial charge in [-0.25, -0.2) is 0 Å². The molecule has 0 aliphatic carbocycles. The third-order valence-electron chi connectivity index (χ3n) is 1.84. The highest BCUT2D eigenvalue weighted by atomic mass is 16.2. The molecular formula is C11H12O2. The number of aliphatic hydroxyl groups excluding tert-OH is 1. The molecule has 0 saturated carbocycles. The fraction of sp³-hybridized carbons (Fsp3) is 0.182. The van der Waals surface area contributed by atoms with Gasteiger partial charge in [-0.1, -0.05) is 37.3 Å². The molecule has 0 unspecified atom stereocenters. The van der Waals surface area contributed by atoms with Crippen molar-refractivity contribution in [1.29, 1.82) is 0 Å². The maximum atomic E-state index is 11.3. The molecular weight excluding hydrogens is 164 g/mol. The van der Waals surface area contributed by atoms with Gasteiger partial charge in [-0.2, -0.15) is 0 Å². The Morgan fingerprint density at radius 2 is 2.00 bits per heavy atom. The van der Waals surface area contributed by atoms with Gasteiger partial charge in [0.05, 0.1) is 11.8 Å². The molecule has 0 amide bonds. The van der Waals surface area contributed by atoms with Crippen LogP contribution in [0.3, 0.4) is 0 Å². The summed E-state index contributed by atoms with van der Waals surface area (Å²) in [5, 5.41) is 8.90. The number of allylic oxidation sites excluding steroid dienone is 1. The van der Waals surface area contributed by atoms with Crippen LogP contribution in [0, 0.1) is 0 Å². The van der Waals surface area contributed by atoms with Crippen molar-refractivity contribution in [2.75, 3.05) is 0 Å². The van der Waals surface area contributed by atoms with Gasteiger partial charge >= 0.3 is 0 Å². The molecule has 0 bridgehead atoms. The van der Waals surface area contributed by atoms with Crippen LogP contribution in [0.15, 0.2) is 36.6 Å². The monoisotopic (exact) mass is 176 g/mol. The third-order valence-corrected chi connectivity index (χ3v) is 1.84. The van der Waals surface area contributed by atoms with Gasteiger partial charge in [-0.3, -0.25) is 4.79 Å². The van der Waals surface area contributed by atoms with Crippen LogP contribution in [0.25, 0.3) is 5.57 Å². The highest BCUT2D eigenvalue weighted by Gasteiger charge is 2.08. The van der Waals surface area contributed by atoms with Gasteiger partial charge in [0.1, 0.15) is 0 Å². The minimum atomic E-state index is -0.0475. The lowest BCUT2D eigenvalue weighted by molar-refractivity contribution is -0.113. The first-order chi connectivity index (χ1) is 6.29. The normalized spacial score (nSPS) is 11.3. The Morgan fingerprint density at radius 1 is 1.38 bits per heavy atom. The van der Waals surface area contributed by atoms with E-state index in [0.717, 1.165) is 11.8 Å². The molecule has 2 heteroatoms. The van der Waals surface area contributed by atoms with Crippen LogP contribution in [0.2, 0.25) is 0 Å². The van der Waals surface area contributed by atoms with E-state index in [1.807, 2.05) is 18.2 Å². The third kappa shape index (κ3) is 2.18. The van der Waals surface area contributed by atoms with Gasteiger partial charge in [0.25, 0.3) is 0 Å². The summed E-state index contributed by atoms with van der Waals surface area (Å²) >= 11 is 0. The molecule has 1 rings (SSSR count). The van der Waals surface area contributed by atoms with E-state index < -0.39 is 0 Å². The van der Waals surface area contributed by atoms with Crippen molar-refractivity contribution in [3.8, 4) is 0 Å². The molecule has 0 aliphatic heterocycles. The highest BCUT2D eigenvalue weighted by molar-refractivity contribution is 6.20. The molecule has 0 aliphatic rings. The lowest BCUT2D eigenvalue weighted by Gasteiger charge is -2.02. The summed E-state index contributed by atoms with van der Waals surface area (Å²) in [6, 6.07) is 9.14. The maximum absolute atomic E-state index is 11.3. The van der Waals surface area contributed by atoms with Crippen molar-refractivity contribution in [2.24, 2.45) is 0 Å². The molecule has 1 N–H and O–H groups in total. The first-order valence-electron chi connectivity index (χ1n) is 4.22. The average Bonchev–Trinajstić information content (AvgIpc) is 2.20. The number of Topliss-reactive ketones (excluding diaryl/α,β-unsaturated/α-hetero) is 1. The van der Waals surface area contributed by atoms with E-state index in [-0.39, 0.29) is 5.78 Å². The zero-order chi connectivity index (χ0) is 9.68. The summed E-state index contributed by atoms with van der Waals surface area (Å²) in [6.07, 6.45) is 1.28. The van der Waals surface area contributed by atoms with Crippen molar-refractivity contribution in [3.63, 3.8) is 0 Å². The van der Waals surface area contributed by atoms with Crippen LogP contribution in [0.5, 0.6) is 0 Å². The molecule has 13 heavy (non-hydrogen) atoms. The topological polar surface area (TPSA) is 37.3 Å². The van der Waals surface area contributed by atoms with E-state index >= 15 is 0 Å². The summed E-state index contributed by atoms with van der Waals surface area (Å²) in [5.41, 5.74) is 1.14. The van der Waals surface area contributed by atoms with E-state index in [9.17, 15) is 4.79 Å². The average molecular weight is 176 g/mol. The van der Waals surface area contributed by atoms with Gasteiger partial charge in [0.15, 0.2) is 5.78 Å². The molecule has 0 heterocycles. The Morgan fingerprint density at radius 3 is 2.46 bits per heavy atom. The fourth-order valence-corrected chi connectivity index (χ4v) is 1.12. The molecule has 0 fully saturated rings. The Labute approximate surface area is 77.5 Å². The van der Waals surface area contributed by atoms with Crippen molar-refractivity contribution in [2.45, 2.75) is 13.3 Å². The zero-order valence-corrected chi connectivity index (χ0v) is 7.53. The highest BCUT2D eigenvalue weighted by Crippen LogP contribution is 2.15. The van der Waals surface area contributed by atoms with Crippen LogP contribution in [0.1, 0.15) is 18.9 Å². The first-order valence-corrected chi connectivity index (χ1v) is 4.22. The smallest absolute Gasteiger partial charge is 0.166 e. The van der Waals surface area contributed by atoms with Crippen molar-refractivity contribution in [3.05, 3.63) is 42.2 Å². The van der Waals surface area contributed by atoms with Gasteiger partial charge in [-0.15, -0.1) is 0 Å². The van der Waals surface area contributed by atoms with Crippen molar-refractivity contribution >= 4 is 11.4 Å². The number of aliphatic hydroxyl groups is 1. The van der Waals surface area contributed by atoms with Gasteiger partial charge < -0.3 is 5.11 Å². The summed E-state index contributed by atoms with van der Waals surface area (Å²) in [4.78, 5) is 11.3. The van der Waals surface area contributed by atoms with Crippen molar-refractivity contribution in [1.82, 2.24) is 0 Å². The van der Waals surface area contributed by atoms with E-state index in [1.54, 1.807) is 19.1 Å². The predicted molar refractivity (Wildman–Crippen MR) is 52.3 cm³/mol. The van der Waals surface area contributed by atoms with Gasteiger partial charge in [0, 0.05) is 6.42 Å². The van der Waals surface area contributed by atoms with E-state index in [0.29, 0.717) is 12.0 Å². The fourth-order valence-electron chi connectivity index (χ4n) is 1.12. The summed E-state index contributed by atoms with van der Waals surface area (Å²) < 4.78 is 0. The minimum Gasteiger partial charge on any atom is -0.515 e. The number of rotatable bonds is 3. The second-order valence-electron chi connectivity index (χ2n) is 2.69. The Bertz CT molecular complexity index is 312. The summed E-state index contributed by atoms with van der Waals surface area (Å²) in [6.45, 7) is 1.77. The molecule has 1 aromatic carbocycles. The lowest BCUT2D eigenvalue weighted by Crippen LogP contribution is -1.99. The Kier molecular flexibility index (Phi) is 3.26. The maximum Gasteiger partial charge on any atom is 0.166 e. The van der Waals surface area contributed by atoms with Crippen LogP contribution in [-0.4, -0.2) is 10.9 Å². The van der Waals surface area contributed by atoms with Gasteiger partial charge in [0.2, 0.25) is 0 Å². The minimum absolute atomic E-state index is 0.0475. The largest absolute Gasteiger partial charge is 0.515 e. The zero-order valence-electron chi connectivity index (χ0n) is 7.53. The summed E-state index contributed by atoms with van der Waals surface area (Å²) in [5.74, 6) is -0.0475. The Balaban J connectivity index is 3.00. The second kappa shape index (κ2) is 4.45. The quantitative estimate of drug-likeness (QED) is 0.567.